The zero-order chi connectivity index (χ0) is 26.2. The van der Waals surface area contributed by atoms with Gasteiger partial charge in [-0.15, -0.1) is 0 Å². The van der Waals surface area contributed by atoms with Crippen LogP contribution in [0.3, 0.4) is 0 Å². The molecule has 0 saturated heterocycles. The van der Waals surface area contributed by atoms with Crippen LogP contribution in [0.25, 0.3) is 0 Å². The number of carbonyl (C=O) groups is 2. The summed E-state index contributed by atoms with van der Waals surface area (Å²) in [5.74, 6) is -0.372. The molecule has 2 amide bonds. The number of benzene rings is 2. The lowest BCUT2D eigenvalue weighted by Gasteiger charge is -2.30. The molecule has 0 bridgehead atoms. The number of anilines is 1. The van der Waals surface area contributed by atoms with Crippen molar-refractivity contribution < 1.29 is 18.0 Å². The van der Waals surface area contributed by atoms with Gasteiger partial charge in [-0.3, -0.25) is 13.9 Å². The first-order valence-electron chi connectivity index (χ1n) is 12.1. The number of carbonyl (C=O) groups excluding carboxylic acids is 2. The quantitative estimate of drug-likeness (QED) is 0.474. The predicted molar refractivity (Wildman–Crippen MR) is 142 cm³/mol. The molecule has 0 aromatic heterocycles. The van der Waals surface area contributed by atoms with Crippen LogP contribution in [0.15, 0.2) is 42.5 Å². The van der Waals surface area contributed by atoms with Gasteiger partial charge < -0.3 is 10.2 Å². The number of aryl methyl sites for hydroxylation is 2. The molecule has 2 rings (SSSR count). The molecule has 0 fully saturated rings. The number of sulfonamides is 1. The first-order chi connectivity index (χ1) is 16.5. The lowest BCUT2D eigenvalue weighted by atomic mass is 10.1. The van der Waals surface area contributed by atoms with E-state index in [-0.39, 0.29) is 24.8 Å². The van der Waals surface area contributed by atoms with Crippen LogP contribution in [0.4, 0.5) is 5.69 Å². The molecule has 1 unspecified atom stereocenters. The summed E-state index contributed by atoms with van der Waals surface area (Å²) in [6.07, 6.45) is 2.46. The average molecular weight is 502 g/mol. The number of nitrogens with zero attached hydrogens (tertiary/aromatic N) is 2. The second kappa shape index (κ2) is 12.7. The van der Waals surface area contributed by atoms with Crippen LogP contribution < -0.4 is 9.62 Å². The summed E-state index contributed by atoms with van der Waals surface area (Å²) in [6.45, 7) is 10.6. The van der Waals surface area contributed by atoms with E-state index in [0.29, 0.717) is 25.2 Å². The van der Waals surface area contributed by atoms with Gasteiger partial charge in [0.05, 0.1) is 11.9 Å². The van der Waals surface area contributed by atoms with Crippen LogP contribution in [-0.4, -0.2) is 50.5 Å². The number of rotatable bonds is 12. The van der Waals surface area contributed by atoms with Crippen molar-refractivity contribution in [3.63, 3.8) is 0 Å². The molecule has 2 aromatic carbocycles. The van der Waals surface area contributed by atoms with Gasteiger partial charge in [0, 0.05) is 26.1 Å². The Morgan fingerprint density at radius 2 is 1.66 bits per heavy atom. The Kier molecular flexibility index (Phi) is 10.3. The monoisotopic (exact) mass is 501 g/mol. The Morgan fingerprint density at radius 3 is 2.29 bits per heavy atom. The van der Waals surface area contributed by atoms with E-state index in [1.807, 2.05) is 64.1 Å². The van der Waals surface area contributed by atoms with Gasteiger partial charge >= 0.3 is 0 Å². The van der Waals surface area contributed by atoms with Crippen molar-refractivity contribution in [1.82, 2.24) is 10.2 Å². The second-order valence-corrected chi connectivity index (χ2v) is 11.0. The van der Waals surface area contributed by atoms with Gasteiger partial charge in [-0.1, -0.05) is 43.3 Å². The Balaban J connectivity index is 2.20. The minimum atomic E-state index is -3.53. The molecule has 8 heteroatoms. The highest BCUT2D eigenvalue weighted by Gasteiger charge is 2.27. The standard InChI is InChI=1S/C27H39N3O4S/c1-7-17-28-27(32)23(5)29(19-24-14-9-8-12-21(24)3)26(31)16-11-18-30(35(6,33)34)25-15-10-13-20(2)22(25)4/h8-10,12-15,23H,7,11,16-19H2,1-6H3,(H,28,32). The predicted octanol–water partition coefficient (Wildman–Crippen LogP) is 4.10. The van der Waals surface area contributed by atoms with Crippen LogP contribution in [0.5, 0.6) is 0 Å². The Hall–Kier alpha value is -2.87. The summed E-state index contributed by atoms with van der Waals surface area (Å²) in [4.78, 5) is 27.6. The number of nitrogens with one attached hydrogen (secondary N) is 1. The molecule has 2 aromatic rings. The van der Waals surface area contributed by atoms with Crippen LogP contribution in [0.1, 0.15) is 55.4 Å². The highest BCUT2D eigenvalue weighted by Crippen LogP contribution is 2.25. The molecule has 1 atom stereocenters. The van der Waals surface area contributed by atoms with E-state index in [1.165, 1.54) is 10.6 Å². The van der Waals surface area contributed by atoms with Gasteiger partial charge in [-0.25, -0.2) is 8.42 Å². The van der Waals surface area contributed by atoms with E-state index in [0.717, 1.165) is 28.7 Å². The van der Waals surface area contributed by atoms with Gasteiger partial charge in [0.15, 0.2) is 0 Å². The fourth-order valence-corrected chi connectivity index (χ4v) is 4.95. The first-order valence-corrected chi connectivity index (χ1v) is 14.0. The lowest BCUT2D eigenvalue weighted by Crippen LogP contribution is -2.48. The summed E-state index contributed by atoms with van der Waals surface area (Å²) in [5.41, 5.74) is 4.55. The third-order valence-corrected chi connectivity index (χ3v) is 7.50. The van der Waals surface area contributed by atoms with Gasteiger partial charge in [-0.2, -0.15) is 0 Å². The van der Waals surface area contributed by atoms with Crippen LogP contribution in [0, 0.1) is 20.8 Å². The van der Waals surface area contributed by atoms with Crippen LogP contribution in [-0.2, 0) is 26.2 Å². The van der Waals surface area contributed by atoms with Crippen LogP contribution in [0.2, 0.25) is 0 Å². The summed E-state index contributed by atoms with van der Waals surface area (Å²) < 4.78 is 26.5. The van der Waals surface area contributed by atoms with Crippen molar-refractivity contribution in [3.8, 4) is 0 Å². The maximum Gasteiger partial charge on any atom is 0.242 e. The van der Waals surface area contributed by atoms with Crippen molar-refractivity contribution in [1.29, 1.82) is 0 Å². The minimum absolute atomic E-state index is 0.133. The van der Waals surface area contributed by atoms with E-state index >= 15 is 0 Å². The van der Waals surface area contributed by atoms with Crippen molar-refractivity contribution in [2.75, 3.05) is 23.7 Å². The van der Waals surface area contributed by atoms with Crippen molar-refractivity contribution in [2.45, 2.75) is 66.5 Å². The summed E-state index contributed by atoms with van der Waals surface area (Å²) >= 11 is 0. The van der Waals surface area contributed by atoms with E-state index in [4.69, 9.17) is 0 Å². The molecular weight excluding hydrogens is 462 g/mol. The molecule has 0 aliphatic rings. The fourth-order valence-electron chi connectivity index (χ4n) is 3.94. The highest BCUT2D eigenvalue weighted by molar-refractivity contribution is 7.92. The smallest absolute Gasteiger partial charge is 0.242 e. The summed E-state index contributed by atoms with van der Waals surface area (Å²) in [6, 6.07) is 12.7. The van der Waals surface area contributed by atoms with Crippen molar-refractivity contribution >= 4 is 27.5 Å². The van der Waals surface area contributed by atoms with Crippen LogP contribution >= 0.6 is 0 Å². The van der Waals surface area contributed by atoms with E-state index in [9.17, 15) is 18.0 Å². The SMILES string of the molecule is CCCNC(=O)C(C)N(Cc1ccccc1C)C(=O)CCCN(c1cccc(C)c1C)S(C)(=O)=O. The minimum Gasteiger partial charge on any atom is -0.354 e. The maximum atomic E-state index is 13.3. The van der Waals surface area contributed by atoms with Crippen molar-refractivity contribution in [2.24, 2.45) is 0 Å². The molecule has 192 valence electrons. The fraction of sp³-hybridized carbons (Fsp3) is 0.481. The maximum absolute atomic E-state index is 13.3. The van der Waals surface area contributed by atoms with Gasteiger partial charge in [0.1, 0.15) is 6.04 Å². The topological polar surface area (TPSA) is 86.8 Å². The number of hydrogen-bond donors (Lipinski definition) is 1. The number of hydrogen-bond acceptors (Lipinski definition) is 4. The second-order valence-electron chi connectivity index (χ2n) is 9.07. The van der Waals surface area contributed by atoms with E-state index < -0.39 is 16.1 Å². The Labute approximate surface area is 210 Å². The molecule has 7 nitrogen and oxygen atoms in total. The third kappa shape index (κ3) is 7.82. The van der Waals surface area contributed by atoms with Gasteiger partial charge in [0.25, 0.3) is 0 Å². The van der Waals surface area contributed by atoms with Gasteiger partial charge in [0.2, 0.25) is 21.8 Å². The molecule has 0 spiro atoms. The molecule has 0 radical (unpaired) electrons. The largest absolute Gasteiger partial charge is 0.354 e. The van der Waals surface area contributed by atoms with Crippen molar-refractivity contribution in [3.05, 3.63) is 64.7 Å². The van der Waals surface area contributed by atoms with Gasteiger partial charge in [-0.05, 0) is 68.9 Å². The molecule has 0 aliphatic heterocycles. The van der Waals surface area contributed by atoms with E-state index in [1.54, 1.807) is 17.9 Å². The third-order valence-electron chi connectivity index (χ3n) is 6.32. The molecule has 35 heavy (non-hydrogen) atoms. The Morgan fingerprint density at radius 1 is 1.00 bits per heavy atom. The normalized spacial score (nSPS) is 12.2. The first kappa shape index (κ1) is 28.4. The zero-order valence-electron chi connectivity index (χ0n) is 21.8. The molecule has 0 heterocycles. The average Bonchev–Trinajstić information content (AvgIpc) is 2.80. The molecule has 1 N–H and O–H groups in total. The highest BCUT2D eigenvalue weighted by atomic mass is 32.2. The summed E-state index contributed by atoms with van der Waals surface area (Å²) in [5, 5.41) is 2.87. The Bertz CT molecular complexity index is 1130. The summed E-state index contributed by atoms with van der Waals surface area (Å²) in [7, 11) is -3.53. The lowest BCUT2D eigenvalue weighted by molar-refractivity contribution is -0.140. The van der Waals surface area contributed by atoms with E-state index in [2.05, 4.69) is 5.32 Å². The molecule has 0 aliphatic carbocycles. The molecular formula is C27H39N3O4S. The number of amides is 2. The molecule has 0 saturated carbocycles. The zero-order valence-corrected chi connectivity index (χ0v) is 22.6.